The number of hydrogen-bond donors (Lipinski definition) is 1. The van der Waals surface area contributed by atoms with Crippen LogP contribution in [0.2, 0.25) is 0 Å². The van der Waals surface area contributed by atoms with Crippen LogP contribution >= 0.6 is 15.9 Å². The lowest BCUT2D eigenvalue weighted by atomic mass is 10.2. The summed E-state index contributed by atoms with van der Waals surface area (Å²) in [5.41, 5.74) is 1.94. The number of aryl methyl sites for hydroxylation is 1. The van der Waals surface area contributed by atoms with Crippen molar-refractivity contribution in [2.75, 3.05) is 25.0 Å². The maximum Gasteiger partial charge on any atom is 0.262 e. The molecule has 0 unspecified atom stereocenters. The van der Waals surface area contributed by atoms with Crippen LogP contribution in [0.3, 0.4) is 0 Å². The Bertz CT molecular complexity index is 683. The first kappa shape index (κ1) is 18.5. The molecule has 2 aromatic rings. The maximum atomic E-state index is 12.1. The van der Waals surface area contributed by atoms with Gasteiger partial charge in [-0.3, -0.25) is 14.4 Å². The lowest BCUT2D eigenvalue weighted by Crippen LogP contribution is -2.23. The summed E-state index contributed by atoms with van der Waals surface area (Å²) in [7, 11) is 1.79. The molecule has 0 spiro atoms. The molecule has 0 aliphatic heterocycles. The number of hydrogen-bond acceptors (Lipinski definition) is 4. The second kappa shape index (κ2) is 8.84. The predicted molar refractivity (Wildman–Crippen MR) is 98.1 cm³/mol. The monoisotopic (exact) mass is 394 g/mol. The average molecular weight is 395 g/mol. The third-order valence-corrected chi connectivity index (χ3v) is 4.15. The molecule has 6 nitrogen and oxygen atoms in total. The SMILES string of the molecule is CCN(CC)Cc1cccc(NC(=O)COc2nn(C)cc2Br)c1. The minimum Gasteiger partial charge on any atom is -0.466 e. The van der Waals surface area contributed by atoms with E-state index in [0.29, 0.717) is 5.88 Å². The highest BCUT2D eigenvalue weighted by molar-refractivity contribution is 9.10. The van der Waals surface area contributed by atoms with E-state index in [1.165, 1.54) is 5.56 Å². The van der Waals surface area contributed by atoms with E-state index >= 15 is 0 Å². The van der Waals surface area contributed by atoms with E-state index in [1.807, 2.05) is 18.2 Å². The molecule has 2 rings (SSSR count). The van der Waals surface area contributed by atoms with Gasteiger partial charge in [0.15, 0.2) is 6.61 Å². The van der Waals surface area contributed by atoms with Gasteiger partial charge in [0.25, 0.3) is 5.91 Å². The number of amides is 1. The zero-order valence-electron chi connectivity index (χ0n) is 14.3. The van der Waals surface area contributed by atoms with Gasteiger partial charge in [-0.2, -0.15) is 0 Å². The van der Waals surface area contributed by atoms with Crippen LogP contribution < -0.4 is 10.1 Å². The van der Waals surface area contributed by atoms with Crippen molar-refractivity contribution in [3.63, 3.8) is 0 Å². The minimum absolute atomic E-state index is 0.0874. The second-order valence-corrected chi connectivity index (χ2v) is 6.31. The Hall–Kier alpha value is -1.86. The molecule has 1 N–H and O–H groups in total. The smallest absolute Gasteiger partial charge is 0.262 e. The summed E-state index contributed by atoms with van der Waals surface area (Å²) in [6.07, 6.45) is 1.77. The van der Waals surface area contributed by atoms with E-state index in [4.69, 9.17) is 4.74 Å². The molecule has 130 valence electrons. The van der Waals surface area contributed by atoms with Gasteiger partial charge in [-0.25, -0.2) is 0 Å². The quantitative estimate of drug-likeness (QED) is 0.747. The molecular formula is C17H23BrN4O2. The van der Waals surface area contributed by atoms with Crippen molar-refractivity contribution in [1.82, 2.24) is 14.7 Å². The molecule has 0 saturated carbocycles. The fourth-order valence-corrected chi connectivity index (χ4v) is 2.81. The lowest BCUT2D eigenvalue weighted by molar-refractivity contribution is -0.118. The lowest BCUT2D eigenvalue weighted by Gasteiger charge is -2.18. The van der Waals surface area contributed by atoms with Gasteiger partial charge in [-0.1, -0.05) is 26.0 Å². The molecule has 0 saturated heterocycles. The topological polar surface area (TPSA) is 59.4 Å². The Labute approximate surface area is 150 Å². The van der Waals surface area contributed by atoms with E-state index in [1.54, 1.807) is 17.9 Å². The Kier molecular flexibility index (Phi) is 6.81. The number of carbonyl (C=O) groups is 1. The van der Waals surface area contributed by atoms with Crippen molar-refractivity contribution in [3.05, 3.63) is 40.5 Å². The van der Waals surface area contributed by atoms with E-state index < -0.39 is 0 Å². The van der Waals surface area contributed by atoms with E-state index in [2.05, 4.69) is 51.2 Å². The number of rotatable bonds is 8. The zero-order valence-corrected chi connectivity index (χ0v) is 15.8. The number of carbonyl (C=O) groups excluding carboxylic acids is 1. The van der Waals surface area contributed by atoms with Crippen molar-refractivity contribution < 1.29 is 9.53 Å². The molecule has 1 amide bonds. The maximum absolute atomic E-state index is 12.1. The largest absolute Gasteiger partial charge is 0.466 e. The molecule has 1 aromatic heterocycles. The standard InChI is InChI=1S/C17H23BrN4O2/c1-4-22(5-2)10-13-7-6-8-14(9-13)19-16(23)12-24-17-15(18)11-21(3)20-17/h6-9,11H,4-5,10,12H2,1-3H3,(H,19,23). The first-order valence-electron chi connectivity index (χ1n) is 7.94. The van der Waals surface area contributed by atoms with Crippen LogP contribution in [0.5, 0.6) is 5.88 Å². The van der Waals surface area contributed by atoms with Crippen LogP contribution in [-0.4, -0.2) is 40.3 Å². The molecule has 0 fully saturated rings. The molecule has 24 heavy (non-hydrogen) atoms. The molecule has 0 aliphatic carbocycles. The van der Waals surface area contributed by atoms with E-state index in [0.717, 1.165) is 29.8 Å². The highest BCUT2D eigenvalue weighted by atomic mass is 79.9. The molecule has 0 radical (unpaired) electrons. The Morgan fingerprint density at radius 1 is 1.38 bits per heavy atom. The Morgan fingerprint density at radius 2 is 2.12 bits per heavy atom. The summed E-state index contributed by atoms with van der Waals surface area (Å²) >= 11 is 3.34. The van der Waals surface area contributed by atoms with Gasteiger partial charge in [-0.15, -0.1) is 5.10 Å². The number of nitrogens with one attached hydrogen (secondary N) is 1. The number of ether oxygens (including phenoxy) is 1. The summed E-state index contributed by atoms with van der Waals surface area (Å²) in [4.78, 5) is 14.4. The van der Waals surface area contributed by atoms with Crippen LogP contribution in [-0.2, 0) is 18.4 Å². The first-order chi connectivity index (χ1) is 11.5. The van der Waals surface area contributed by atoms with Gasteiger partial charge in [0.2, 0.25) is 5.88 Å². The highest BCUT2D eigenvalue weighted by Crippen LogP contribution is 2.21. The van der Waals surface area contributed by atoms with Gasteiger partial charge >= 0.3 is 0 Å². The zero-order chi connectivity index (χ0) is 17.5. The van der Waals surface area contributed by atoms with E-state index in [-0.39, 0.29) is 12.5 Å². The number of anilines is 1. The summed E-state index contributed by atoms with van der Waals surface area (Å²) in [6.45, 7) is 7.06. The van der Waals surface area contributed by atoms with Gasteiger partial charge in [0.1, 0.15) is 0 Å². The molecule has 1 heterocycles. The van der Waals surface area contributed by atoms with Crippen molar-refractivity contribution in [2.45, 2.75) is 20.4 Å². The third kappa shape index (κ3) is 5.35. The van der Waals surface area contributed by atoms with Crippen molar-refractivity contribution in [2.24, 2.45) is 7.05 Å². The van der Waals surface area contributed by atoms with Gasteiger partial charge < -0.3 is 10.1 Å². The third-order valence-electron chi connectivity index (χ3n) is 3.60. The minimum atomic E-state index is -0.215. The van der Waals surface area contributed by atoms with Crippen LogP contribution in [0, 0.1) is 0 Å². The fraction of sp³-hybridized carbons (Fsp3) is 0.412. The Balaban J connectivity index is 1.90. The molecule has 0 atom stereocenters. The summed E-state index contributed by atoms with van der Waals surface area (Å²) in [5, 5.41) is 6.97. The first-order valence-corrected chi connectivity index (χ1v) is 8.74. The van der Waals surface area contributed by atoms with Crippen molar-refractivity contribution in [1.29, 1.82) is 0 Å². The molecule has 0 bridgehead atoms. The second-order valence-electron chi connectivity index (χ2n) is 5.45. The van der Waals surface area contributed by atoms with Crippen molar-refractivity contribution >= 4 is 27.5 Å². The van der Waals surface area contributed by atoms with Gasteiger partial charge in [0.05, 0.1) is 4.47 Å². The van der Waals surface area contributed by atoms with Crippen LogP contribution in [0.15, 0.2) is 34.9 Å². The van der Waals surface area contributed by atoms with Crippen LogP contribution in [0.25, 0.3) is 0 Å². The molecular weight excluding hydrogens is 372 g/mol. The summed E-state index contributed by atoms with van der Waals surface area (Å²) in [6, 6.07) is 7.88. The fourth-order valence-electron chi connectivity index (χ4n) is 2.32. The molecule has 1 aromatic carbocycles. The molecule has 0 aliphatic rings. The van der Waals surface area contributed by atoms with E-state index in [9.17, 15) is 4.79 Å². The Morgan fingerprint density at radius 3 is 2.75 bits per heavy atom. The van der Waals surface area contributed by atoms with Crippen molar-refractivity contribution in [3.8, 4) is 5.88 Å². The number of nitrogens with zero attached hydrogens (tertiary/aromatic N) is 3. The number of benzene rings is 1. The number of halogens is 1. The summed E-state index contributed by atoms with van der Waals surface area (Å²) in [5.74, 6) is 0.190. The van der Waals surface area contributed by atoms with Gasteiger partial charge in [0, 0.05) is 25.5 Å². The highest BCUT2D eigenvalue weighted by Gasteiger charge is 2.10. The van der Waals surface area contributed by atoms with Crippen LogP contribution in [0.4, 0.5) is 5.69 Å². The average Bonchev–Trinajstić information content (AvgIpc) is 2.88. The van der Waals surface area contributed by atoms with Crippen LogP contribution in [0.1, 0.15) is 19.4 Å². The van der Waals surface area contributed by atoms with Gasteiger partial charge in [-0.05, 0) is 46.7 Å². The summed E-state index contributed by atoms with van der Waals surface area (Å²) < 4.78 is 7.76. The normalized spacial score (nSPS) is 10.9. The predicted octanol–water partition coefficient (Wildman–Crippen LogP) is 3.04. The molecule has 7 heteroatoms. The number of aromatic nitrogens is 2.